The molecule has 0 N–H and O–H groups in total. The van der Waals surface area contributed by atoms with Crippen LogP contribution in [0.25, 0.3) is 0 Å². The lowest BCUT2D eigenvalue weighted by atomic mass is 10.4. The number of halogens is 1. The number of sulfone groups is 1. The molecule has 1 saturated carbocycles. The lowest BCUT2D eigenvalue weighted by Crippen LogP contribution is -2.19. The average molecular weight is 267 g/mol. The fraction of sp³-hybridized carbons (Fsp3) is 0.750. The molecule has 0 aromatic carbocycles. The van der Waals surface area contributed by atoms with Gasteiger partial charge in [-0.3, -0.25) is 0 Å². The van der Waals surface area contributed by atoms with Crippen LogP contribution in [-0.4, -0.2) is 28.9 Å². The minimum absolute atomic E-state index is 0.0840. The van der Waals surface area contributed by atoms with Crippen LogP contribution in [0.4, 0.5) is 0 Å². The van der Waals surface area contributed by atoms with Gasteiger partial charge >= 0.3 is 0 Å². The van der Waals surface area contributed by atoms with E-state index in [4.69, 9.17) is 11.6 Å². The number of alkyl halides is 1. The molecular weight excluding hydrogens is 256 g/mol. The van der Waals surface area contributed by atoms with E-state index in [2.05, 4.69) is 9.36 Å². The van der Waals surface area contributed by atoms with E-state index in [9.17, 15) is 8.42 Å². The Kier molecular flexibility index (Phi) is 3.00. The highest BCUT2D eigenvalue weighted by Crippen LogP contribution is 2.39. The van der Waals surface area contributed by atoms with Crippen LogP contribution in [0.1, 0.15) is 31.5 Å². The van der Waals surface area contributed by atoms with Crippen molar-refractivity contribution < 1.29 is 8.42 Å². The molecular formula is C8H11ClN2O2S2. The third-order valence-corrected chi connectivity index (χ3v) is 6.25. The van der Waals surface area contributed by atoms with Crippen molar-refractivity contribution in [2.24, 2.45) is 0 Å². The highest BCUT2D eigenvalue weighted by Gasteiger charge is 2.32. The molecule has 1 heterocycles. The Balaban J connectivity index is 2.28. The molecule has 1 aliphatic carbocycles. The van der Waals surface area contributed by atoms with Gasteiger partial charge in [-0.2, -0.15) is 4.37 Å². The summed E-state index contributed by atoms with van der Waals surface area (Å²) in [6.07, 6.45) is 2.14. The molecule has 7 heteroatoms. The number of hydrogen-bond donors (Lipinski definition) is 0. The summed E-state index contributed by atoms with van der Waals surface area (Å²) in [7, 11) is -3.36. The summed E-state index contributed by atoms with van der Waals surface area (Å²) in [6.45, 7) is 1.58. The van der Waals surface area contributed by atoms with Gasteiger partial charge in [0.25, 0.3) is 0 Å². The lowest BCUT2D eigenvalue weighted by molar-refractivity contribution is 0.586. The first kappa shape index (κ1) is 11.3. The molecule has 2 rings (SSSR count). The normalized spacial score (nSPS) is 19.1. The first-order chi connectivity index (χ1) is 7.05. The topological polar surface area (TPSA) is 59.9 Å². The fourth-order valence-corrected chi connectivity index (χ4v) is 3.84. The number of aromatic nitrogens is 2. The standard InChI is InChI=1S/C8H11ClN2O2S2/c1-5(4-9)15(12,13)8-10-7(11-14-8)6-2-3-6/h5-6H,2-4H2,1H3. The highest BCUT2D eigenvalue weighted by atomic mass is 35.5. The maximum Gasteiger partial charge on any atom is 0.229 e. The quantitative estimate of drug-likeness (QED) is 0.780. The molecule has 84 valence electrons. The van der Waals surface area contributed by atoms with Crippen LogP contribution in [0.2, 0.25) is 0 Å². The van der Waals surface area contributed by atoms with Gasteiger partial charge in [0.15, 0.2) is 0 Å². The van der Waals surface area contributed by atoms with Crippen LogP contribution in [0.3, 0.4) is 0 Å². The van der Waals surface area contributed by atoms with Crippen molar-refractivity contribution >= 4 is 33.0 Å². The summed E-state index contributed by atoms with van der Waals surface area (Å²) in [5.74, 6) is 1.15. The van der Waals surface area contributed by atoms with E-state index in [0.29, 0.717) is 11.7 Å². The Bertz CT molecular complexity index is 453. The lowest BCUT2D eigenvalue weighted by Gasteiger charge is -2.04. The molecule has 1 fully saturated rings. The molecule has 15 heavy (non-hydrogen) atoms. The van der Waals surface area contributed by atoms with Crippen LogP contribution in [0.5, 0.6) is 0 Å². The molecule has 0 bridgehead atoms. The molecule has 1 unspecified atom stereocenters. The molecule has 1 aliphatic rings. The molecule has 1 aromatic rings. The van der Waals surface area contributed by atoms with Crippen LogP contribution in [-0.2, 0) is 9.84 Å². The zero-order valence-electron chi connectivity index (χ0n) is 8.18. The third-order valence-electron chi connectivity index (χ3n) is 2.36. The van der Waals surface area contributed by atoms with E-state index >= 15 is 0 Å². The van der Waals surface area contributed by atoms with Gasteiger partial charge in [0.1, 0.15) is 5.82 Å². The molecule has 4 nitrogen and oxygen atoms in total. The Labute approximate surface area is 97.8 Å². The van der Waals surface area contributed by atoms with Gasteiger partial charge in [-0.05, 0) is 31.3 Å². The highest BCUT2D eigenvalue weighted by molar-refractivity contribution is 7.93. The first-order valence-corrected chi connectivity index (χ1v) is 7.54. The monoisotopic (exact) mass is 266 g/mol. The zero-order valence-corrected chi connectivity index (χ0v) is 10.6. The molecule has 0 aliphatic heterocycles. The van der Waals surface area contributed by atoms with Gasteiger partial charge in [-0.1, -0.05) is 0 Å². The molecule has 0 amide bonds. The smallest absolute Gasteiger partial charge is 0.221 e. The van der Waals surface area contributed by atoms with E-state index in [1.165, 1.54) is 0 Å². The Morgan fingerprint density at radius 3 is 2.80 bits per heavy atom. The number of rotatable bonds is 4. The minimum Gasteiger partial charge on any atom is -0.221 e. The van der Waals surface area contributed by atoms with Gasteiger partial charge < -0.3 is 0 Å². The second kappa shape index (κ2) is 3.99. The van der Waals surface area contributed by atoms with Crippen LogP contribution in [0, 0.1) is 0 Å². The van der Waals surface area contributed by atoms with E-state index in [1.54, 1.807) is 6.92 Å². The largest absolute Gasteiger partial charge is 0.229 e. The van der Waals surface area contributed by atoms with Crippen molar-refractivity contribution in [1.82, 2.24) is 9.36 Å². The summed E-state index contributed by atoms with van der Waals surface area (Å²) < 4.78 is 27.9. The second-order valence-electron chi connectivity index (χ2n) is 3.70. The van der Waals surface area contributed by atoms with Gasteiger partial charge in [-0.15, -0.1) is 11.6 Å². The minimum atomic E-state index is -3.36. The van der Waals surface area contributed by atoms with Gasteiger partial charge in [-0.25, -0.2) is 13.4 Å². The van der Waals surface area contributed by atoms with E-state index in [-0.39, 0.29) is 10.2 Å². The first-order valence-electron chi connectivity index (χ1n) is 4.69. The summed E-state index contributed by atoms with van der Waals surface area (Å²) in [4.78, 5) is 4.07. The van der Waals surface area contributed by atoms with Crippen molar-refractivity contribution in [3.8, 4) is 0 Å². The fourth-order valence-electron chi connectivity index (χ4n) is 1.10. The number of nitrogens with zero attached hydrogens (tertiary/aromatic N) is 2. The Hall–Kier alpha value is -0.200. The van der Waals surface area contributed by atoms with E-state index < -0.39 is 15.1 Å². The van der Waals surface area contributed by atoms with Crippen molar-refractivity contribution in [2.45, 2.75) is 35.3 Å². The predicted octanol–water partition coefficient (Wildman–Crippen LogP) is 1.82. The van der Waals surface area contributed by atoms with E-state index in [1.807, 2.05) is 0 Å². The molecule has 1 aromatic heterocycles. The molecule has 0 radical (unpaired) electrons. The van der Waals surface area contributed by atoms with Crippen molar-refractivity contribution in [3.05, 3.63) is 5.82 Å². The van der Waals surface area contributed by atoms with Crippen molar-refractivity contribution in [1.29, 1.82) is 0 Å². The Morgan fingerprint density at radius 2 is 2.27 bits per heavy atom. The summed E-state index contributed by atoms with van der Waals surface area (Å²) in [6, 6.07) is 0. The number of hydrogen-bond acceptors (Lipinski definition) is 5. The van der Waals surface area contributed by atoms with Crippen molar-refractivity contribution in [3.63, 3.8) is 0 Å². The molecule has 0 spiro atoms. The van der Waals surface area contributed by atoms with Crippen LogP contribution < -0.4 is 0 Å². The van der Waals surface area contributed by atoms with E-state index in [0.717, 1.165) is 24.4 Å². The van der Waals surface area contributed by atoms with Crippen LogP contribution in [0.15, 0.2) is 4.34 Å². The maximum absolute atomic E-state index is 11.8. The second-order valence-corrected chi connectivity index (χ2v) is 7.30. The maximum atomic E-state index is 11.8. The molecule has 0 saturated heterocycles. The summed E-state index contributed by atoms with van der Waals surface area (Å²) in [5.41, 5.74) is 0. The van der Waals surface area contributed by atoms with Crippen LogP contribution >= 0.6 is 23.1 Å². The van der Waals surface area contributed by atoms with Gasteiger partial charge in [0, 0.05) is 11.8 Å². The van der Waals surface area contributed by atoms with Gasteiger partial charge in [0.05, 0.1) is 5.25 Å². The Morgan fingerprint density at radius 1 is 1.60 bits per heavy atom. The van der Waals surface area contributed by atoms with Crippen molar-refractivity contribution in [2.75, 3.05) is 5.88 Å². The van der Waals surface area contributed by atoms with Gasteiger partial charge in [0.2, 0.25) is 14.2 Å². The molecule has 1 atom stereocenters. The zero-order chi connectivity index (χ0) is 11.1. The predicted molar refractivity (Wildman–Crippen MR) is 59.3 cm³/mol. The average Bonchev–Trinajstić information content (AvgIpc) is 2.94. The summed E-state index contributed by atoms with van der Waals surface area (Å²) in [5, 5.41) is -0.598. The SMILES string of the molecule is CC(CCl)S(=O)(=O)c1nc(C2CC2)ns1. The third kappa shape index (κ3) is 2.16. The summed E-state index contributed by atoms with van der Waals surface area (Å²) >= 11 is 6.51.